The molecule has 0 saturated heterocycles. The van der Waals surface area contributed by atoms with Crippen molar-refractivity contribution in [3.63, 3.8) is 0 Å². The molecule has 1 atom stereocenters. The van der Waals surface area contributed by atoms with E-state index in [9.17, 15) is 4.79 Å². The lowest BCUT2D eigenvalue weighted by atomic mass is 10.0. The molecule has 0 saturated carbocycles. The number of aromatic nitrogens is 1. The SMILES string of the molecule is Cc1cc(C(=O)NC(CN)C(C)C)ccn1. The predicted octanol–water partition coefficient (Wildman–Crippen LogP) is 1.10. The maximum Gasteiger partial charge on any atom is 0.251 e. The van der Waals surface area contributed by atoms with Crippen LogP contribution in [0.15, 0.2) is 18.3 Å². The first kappa shape index (κ1) is 12.6. The quantitative estimate of drug-likeness (QED) is 0.800. The van der Waals surface area contributed by atoms with E-state index in [2.05, 4.69) is 10.3 Å². The standard InChI is InChI=1S/C12H19N3O/c1-8(2)11(7-13)15-12(16)10-4-5-14-9(3)6-10/h4-6,8,11H,7,13H2,1-3H3,(H,15,16). The lowest BCUT2D eigenvalue weighted by Gasteiger charge is -2.20. The van der Waals surface area contributed by atoms with Gasteiger partial charge < -0.3 is 11.1 Å². The number of rotatable bonds is 4. The summed E-state index contributed by atoms with van der Waals surface area (Å²) in [6.45, 7) is 6.39. The number of nitrogens with zero attached hydrogens (tertiary/aromatic N) is 1. The first-order valence-electron chi connectivity index (χ1n) is 5.48. The Labute approximate surface area is 96.3 Å². The fourth-order valence-electron chi connectivity index (χ4n) is 1.44. The Morgan fingerprint density at radius 1 is 1.56 bits per heavy atom. The van der Waals surface area contributed by atoms with E-state index in [-0.39, 0.29) is 11.9 Å². The highest BCUT2D eigenvalue weighted by Gasteiger charge is 2.15. The van der Waals surface area contributed by atoms with E-state index in [4.69, 9.17) is 5.73 Å². The largest absolute Gasteiger partial charge is 0.348 e. The summed E-state index contributed by atoms with van der Waals surface area (Å²) in [6.07, 6.45) is 1.64. The van der Waals surface area contributed by atoms with Gasteiger partial charge in [-0.3, -0.25) is 9.78 Å². The third-order valence-corrected chi connectivity index (χ3v) is 2.53. The van der Waals surface area contributed by atoms with Gasteiger partial charge in [0.15, 0.2) is 0 Å². The van der Waals surface area contributed by atoms with E-state index in [1.807, 2.05) is 20.8 Å². The molecular formula is C12H19N3O. The minimum atomic E-state index is -0.0883. The summed E-state index contributed by atoms with van der Waals surface area (Å²) >= 11 is 0. The molecule has 1 heterocycles. The van der Waals surface area contributed by atoms with Crippen molar-refractivity contribution in [1.29, 1.82) is 0 Å². The molecule has 88 valence electrons. The molecule has 0 fully saturated rings. The minimum absolute atomic E-state index is 0.0148. The van der Waals surface area contributed by atoms with Gasteiger partial charge in [-0.05, 0) is 25.0 Å². The van der Waals surface area contributed by atoms with Crippen LogP contribution in [0.2, 0.25) is 0 Å². The predicted molar refractivity (Wildman–Crippen MR) is 64.1 cm³/mol. The summed E-state index contributed by atoms with van der Waals surface area (Å²) < 4.78 is 0. The molecule has 1 rings (SSSR count). The third kappa shape index (κ3) is 3.31. The van der Waals surface area contributed by atoms with Gasteiger partial charge in [0.2, 0.25) is 0 Å². The molecule has 0 bridgehead atoms. The highest BCUT2D eigenvalue weighted by Crippen LogP contribution is 2.04. The fraction of sp³-hybridized carbons (Fsp3) is 0.500. The number of hydrogen-bond donors (Lipinski definition) is 2. The van der Waals surface area contributed by atoms with Gasteiger partial charge in [0, 0.05) is 30.0 Å². The van der Waals surface area contributed by atoms with Gasteiger partial charge in [0.25, 0.3) is 5.91 Å². The Morgan fingerprint density at radius 2 is 2.25 bits per heavy atom. The minimum Gasteiger partial charge on any atom is -0.348 e. The number of aryl methyl sites for hydroxylation is 1. The second-order valence-corrected chi connectivity index (χ2v) is 4.25. The van der Waals surface area contributed by atoms with E-state index in [0.717, 1.165) is 5.69 Å². The molecular weight excluding hydrogens is 202 g/mol. The van der Waals surface area contributed by atoms with Gasteiger partial charge in [-0.1, -0.05) is 13.8 Å². The van der Waals surface area contributed by atoms with Crippen LogP contribution in [0, 0.1) is 12.8 Å². The zero-order chi connectivity index (χ0) is 12.1. The Bertz CT molecular complexity index is 363. The summed E-state index contributed by atoms with van der Waals surface area (Å²) in [4.78, 5) is 15.9. The normalized spacial score (nSPS) is 12.6. The summed E-state index contributed by atoms with van der Waals surface area (Å²) in [6, 6.07) is 3.49. The van der Waals surface area contributed by atoms with Crippen molar-refractivity contribution >= 4 is 5.91 Å². The molecule has 0 aliphatic heterocycles. The Balaban J connectivity index is 2.72. The van der Waals surface area contributed by atoms with Crippen LogP contribution in [-0.4, -0.2) is 23.5 Å². The van der Waals surface area contributed by atoms with Crippen molar-refractivity contribution in [3.8, 4) is 0 Å². The van der Waals surface area contributed by atoms with E-state index in [0.29, 0.717) is 18.0 Å². The number of nitrogens with two attached hydrogens (primary N) is 1. The average Bonchev–Trinajstić information content (AvgIpc) is 2.25. The molecule has 0 spiro atoms. The van der Waals surface area contributed by atoms with E-state index >= 15 is 0 Å². The van der Waals surface area contributed by atoms with Crippen LogP contribution in [-0.2, 0) is 0 Å². The van der Waals surface area contributed by atoms with E-state index < -0.39 is 0 Å². The number of carbonyl (C=O) groups is 1. The molecule has 0 aromatic carbocycles. The zero-order valence-corrected chi connectivity index (χ0v) is 10.0. The summed E-state index contributed by atoms with van der Waals surface area (Å²) in [5.41, 5.74) is 7.07. The van der Waals surface area contributed by atoms with Crippen molar-refractivity contribution in [2.24, 2.45) is 11.7 Å². The number of amides is 1. The van der Waals surface area contributed by atoms with Crippen LogP contribution in [0.25, 0.3) is 0 Å². The van der Waals surface area contributed by atoms with Gasteiger partial charge in [0.1, 0.15) is 0 Å². The molecule has 3 N–H and O–H groups in total. The molecule has 4 heteroatoms. The van der Waals surface area contributed by atoms with Crippen LogP contribution in [0.3, 0.4) is 0 Å². The molecule has 0 aliphatic rings. The smallest absolute Gasteiger partial charge is 0.251 e. The van der Waals surface area contributed by atoms with Gasteiger partial charge in [-0.15, -0.1) is 0 Å². The molecule has 4 nitrogen and oxygen atoms in total. The van der Waals surface area contributed by atoms with Crippen LogP contribution < -0.4 is 11.1 Å². The van der Waals surface area contributed by atoms with Crippen LogP contribution in [0.1, 0.15) is 29.9 Å². The number of hydrogen-bond acceptors (Lipinski definition) is 3. The Hall–Kier alpha value is -1.42. The Kier molecular flexibility index (Phi) is 4.43. The molecule has 1 unspecified atom stereocenters. The number of pyridine rings is 1. The highest BCUT2D eigenvalue weighted by atomic mass is 16.1. The van der Waals surface area contributed by atoms with Crippen molar-refractivity contribution in [1.82, 2.24) is 10.3 Å². The molecule has 0 aliphatic carbocycles. The maximum atomic E-state index is 11.9. The first-order valence-corrected chi connectivity index (χ1v) is 5.48. The molecule has 1 amide bonds. The van der Waals surface area contributed by atoms with Gasteiger partial charge >= 0.3 is 0 Å². The van der Waals surface area contributed by atoms with Crippen LogP contribution in [0.4, 0.5) is 0 Å². The van der Waals surface area contributed by atoms with Crippen LogP contribution in [0.5, 0.6) is 0 Å². The van der Waals surface area contributed by atoms with Crippen LogP contribution >= 0.6 is 0 Å². The lowest BCUT2D eigenvalue weighted by Crippen LogP contribution is -2.43. The lowest BCUT2D eigenvalue weighted by molar-refractivity contribution is 0.0927. The molecule has 16 heavy (non-hydrogen) atoms. The molecule has 0 radical (unpaired) electrons. The van der Waals surface area contributed by atoms with Crippen molar-refractivity contribution in [3.05, 3.63) is 29.6 Å². The number of nitrogens with one attached hydrogen (secondary N) is 1. The Morgan fingerprint density at radius 3 is 2.75 bits per heavy atom. The van der Waals surface area contributed by atoms with Gasteiger partial charge in [-0.2, -0.15) is 0 Å². The topological polar surface area (TPSA) is 68.0 Å². The first-order chi connectivity index (χ1) is 7.54. The van der Waals surface area contributed by atoms with Crippen molar-refractivity contribution in [2.45, 2.75) is 26.8 Å². The summed E-state index contributed by atoms with van der Waals surface area (Å²) in [5.74, 6) is 0.242. The van der Waals surface area contributed by atoms with Crippen molar-refractivity contribution < 1.29 is 4.79 Å². The highest BCUT2D eigenvalue weighted by molar-refractivity contribution is 5.94. The van der Waals surface area contributed by atoms with Gasteiger partial charge in [-0.25, -0.2) is 0 Å². The van der Waals surface area contributed by atoms with Crippen molar-refractivity contribution in [2.75, 3.05) is 6.54 Å². The van der Waals surface area contributed by atoms with Gasteiger partial charge in [0.05, 0.1) is 0 Å². The molecule has 1 aromatic rings. The van der Waals surface area contributed by atoms with E-state index in [1.165, 1.54) is 0 Å². The molecule has 1 aromatic heterocycles. The second-order valence-electron chi connectivity index (χ2n) is 4.25. The fourth-order valence-corrected chi connectivity index (χ4v) is 1.44. The number of carbonyl (C=O) groups excluding carboxylic acids is 1. The second kappa shape index (κ2) is 5.61. The summed E-state index contributed by atoms with van der Waals surface area (Å²) in [5, 5.41) is 2.92. The monoisotopic (exact) mass is 221 g/mol. The average molecular weight is 221 g/mol. The van der Waals surface area contributed by atoms with E-state index in [1.54, 1.807) is 18.3 Å². The maximum absolute atomic E-state index is 11.9. The zero-order valence-electron chi connectivity index (χ0n) is 10.0. The summed E-state index contributed by atoms with van der Waals surface area (Å²) in [7, 11) is 0. The third-order valence-electron chi connectivity index (χ3n) is 2.53.